The second-order valence-corrected chi connectivity index (χ2v) is 5.87. The molecule has 0 heterocycles. The van der Waals surface area contributed by atoms with Crippen molar-refractivity contribution in [2.45, 2.75) is 12.8 Å². The van der Waals surface area contributed by atoms with Gasteiger partial charge in [-0.2, -0.15) is 0 Å². The molecule has 1 aliphatic carbocycles. The Bertz CT molecular complexity index is 947. The maximum absolute atomic E-state index is 14.0. The number of para-hydroxylation sites is 1. The first-order valence-electron chi connectivity index (χ1n) is 8.02. The van der Waals surface area contributed by atoms with E-state index in [4.69, 9.17) is 4.74 Å². The number of allylic oxidation sites excluding steroid dienone is 2. The minimum Gasteiger partial charge on any atom is -0.497 e. The molecule has 2 aromatic rings. The van der Waals surface area contributed by atoms with Crippen LogP contribution in [0.3, 0.4) is 0 Å². The number of ketones is 1. The van der Waals surface area contributed by atoms with Crippen LogP contribution in [0.2, 0.25) is 0 Å². The van der Waals surface area contributed by atoms with Crippen LogP contribution < -0.4 is 4.74 Å². The topological polar surface area (TPSA) is 69.4 Å². The number of hydrogen-bond acceptors (Lipinski definition) is 4. The van der Waals surface area contributed by atoms with Gasteiger partial charge in [-0.3, -0.25) is 14.9 Å². The van der Waals surface area contributed by atoms with Crippen LogP contribution in [0, 0.1) is 15.9 Å². The molecule has 5 nitrogen and oxygen atoms in total. The van der Waals surface area contributed by atoms with E-state index in [1.165, 1.54) is 37.5 Å². The predicted octanol–water partition coefficient (Wildman–Crippen LogP) is 4.57. The van der Waals surface area contributed by atoms with Crippen LogP contribution in [-0.2, 0) is 4.79 Å². The number of hydrogen-bond donors (Lipinski definition) is 0. The summed E-state index contributed by atoms with van der Waals surface area (Å²) in [7, 11) is 1.48. The Balaban J connectivity index is 1.93. The van der Waals surface area contributed by atoms with E-state index >= 15 is 0 Å². The Morgan fingerprint density at radius 1 is 1.08 bits per heavy atom. The molecule has 0 aliphatic heterocycles. The van der Waals surface area contributed by atoms with Crippen molar-refractivity contribution in [3.63, 3.8) is 0 Å². The number of nitrogens with zero attached hydrogens (tertiary/aromatic N) is 1. The lowest BCUT2D eigenvalue weighted by atomic mass is 10.1. The summed E-state index contributed by atoms with van der Waals surface area (Å²) in [5, 5.41) is 11.1. The van der Waals surface area contributed by atoms with Crippen molar-refractivity contribution < 1.29 is 18.8 Å². The highest BCUT2D eigenvalue weighted by Gasteiger charge is 2.24. The lowest BCUT2D eigenvalue weighted by Crippen LogP contribution is -1.97. The van der Waals surface area contributed by atoms with Crippen LogP contribution in [0.25, 0.3) is 12.2 Å². The van der Waals surface area contributed by atoms with Gasteiger partial charge < -0.3 is 4.74 Å². The SMILES string of the molecule is COc1ccc(F)c(/C=C2\CC/C(=C\c3ccccc3[N+](=O)[O-])C2=O)c1. The Hall–Kier alpha value is -3.28. The summed E-state index contributed by atoms with van der Waals surface area (Å²) >= 11 is 0. The molecule has 0 saturated heterocycles. The first-order chi connectivity index (χ1) is 12.5. The molecule has 0 amide bonds. The average molecular weight is 353 g/mol. The molecular formula is C20H16FNO4. The van der Waals surface area contributed by atoms with Crippen molar-refractivity contribution in [1.82, 2.24) is 0 Å². The van der Waals surface area contributed by atoms with Crippen molar-refractivity contribution >= 4 is 23.6 Å². The number of nitro groups is 1. The van der Waals surface area contributed by atoms with Gasteiger partial charge in [-0.15, -0.1) is 0 Å². The van der Waals surface area contributed by atoms with Crippen LogP contribution in [0.1, 0.15) is 24.0 Å². The van der Waals surface area contributed by atoms with Gasteiger partial charge in [-0.05, 0) is 49.3 Å². The van der Waals surface area contributed by atoms with Crippen LogP contribution >= 0.6 is 0 Å². The molecule has 0 N–H and O–H groups in total. The quantitative estimate of drug-likeness (QED) is 0.458. The van der Waals surface area contributed by atoms with Crippen LogP contribution in [0.5, 0.6) is 5.75 Å². The molecule has 1 saturated carbocycles. The van der Waals surface area contributed by atoms with E-state index in [-0.39, 0.29) is 17.0 Å². The number of carbonyl (C=O) groups is 1. The average Bonchev–Trinajstić information content (AvgIpc) is 2.97. The molecule has 0 spiro atoms. The first kappa shape index (κ1) is 17.5. The number of halogens is 1. The van der Waals surface area contributed by atoms with E-state index < -0.39 is 10.7 Å². The molecule has 26 heavy (non-hydrogen) atoms. The number of Topliss-reactive ketones (excluding diaryl/α,β-unsaturated/α-hetero) is 1. The number of benzene rings is 2. The van der Waals surface area contributed by atoms with Crippen LogP contribution in [-0.4, -0.2) is 17.8 Å². The van der Waals surface area contributed by atoms with Crippen LogP contribution in [0.4, 0.5) is 10.1 Å². The second-order valence-electron chi connectivity index (χ2n) is 5.87. The zero-order chi connectivity index (χ0) is 18.7. The lowest BCUT2D eigenvalue weighted by molar-refractivity contribution is -0.385. The summed E-state index contributed by atoms with van der Waals surface area (Å²) in [6.07, 6.45) is 3.98. The molecule has 0 atom stereocenters. The fraction of sp³-hybridized carbons (Fsp3) is 0.150. The molecule has 0 bridgehead atoms. The van der Waals surface area contributed by atoms with E-state index in [9.17, 15) is 19.3 Å². The summed E-state index contributed by atoms with van der Waals surface area (Å²) in [6, 6.07) is 10.6. The molecular weight excluding hydrogens is 337 g/mol. The van der Waals surface area contributed by atoms with Gasteiger partial charge in [-0.25, -0.2) is 4.39 Å². The van der Waals surface area contributed by atoms with Crippen molar-refractivity contribution in [3.05, 3.63) is 80.7 Å². The fourth-order valence-electron chi connectivity index (χ4n) is 2.89. The molecule has 2 aromatic carbocycles. The van der Waals surface area contributed by atoms with Crippen molar-refractivity contribution in [1.29, 1.82) is 0 Å². The molecule has 0 aromatic heterocycles. The van der Waals surface area contributed by atoms with Gasteiger partial charge in [0.1, 0.15) is 11.6 Å². The summed E-state index contributed by atoms with van der Waals surface area (Å²) < 4.78 is 19.1. The van der Waals surface area contributed by atoms with Crippen molar-refractivity contribution in [2.24, 2.45) is 0 Å². The largest absolute Gasteiger partial charge is 0.497 e. The maximum Gasteiger partial charge on any atom is 0.276 e. The third-order valence-electron chi connectivity index (χ3n) is 4.24. The fourth-order valence-corrected chi connectivity index (χ4v) is 2.89. The molecule has 1 aliphatic rings. The van der Waals surface area contributed by atoms with E-state index in [0.717, 1.165) is 0 Å². The van der Waals surface area contributed by atoms with Gasteiger partial charge in [0.05, 0.1) is 17.6 Å². The van der Waals surface area contributed by atoms with Gasteiger partial charge >= 0.3 is 0 Å². The third kappa shape index (κ3) is 3.54. The van der Waals surface area contributed by atoms with Crippen molar-refractivity contribution in [3.8, 4) is 5.75 Å². The summed E-state index contributed by atoms with van der Waals surface area (Å²) in [4.78, 5) is 23.2. The highest BCUT2D eigenvalue weighted by molar-refractivity contribution is 6.15. The summed E-state index contributed by atoms with van der Waals surface area (Å²) in [5.41, 5.74) is 1.56. The molecule has 3 rings (SSSR count). The Morgan fingerprint density at radius 2 is 1.73 bits per heavy atom. The van der Waals surface area contributed by atoms with Crippen molar-refractivity contribution in [2.75, 3.05) is 7.11 Å². The first-order valence-corrected chi connectivity index (χ1v) is 8.02. The molecule has 132 valence electrons. The highest BCUT2D eigenvalue weighted by atomic mass is 19.1. The number of ether oxygens (including phenoxy) is 1. The Kier molecular flexibility index (Phi) is 4.93. The Morgan fingerprint density at radius 3 is 2.38 bits per heavy atom. The zero-order valence-electron chi connectivity index (χ0n) is 14.1. The number of rotatable bonds is 4. The van der Waals surface area contributed by atoms with E-state index in [1.807, 2.05) is 0 Å². The van der Waals surface area contributed by atoms with Gasteiger partial charge in [0.2, 0.25) is 0 Å². The van der Waals surface area contributed by atoms with Gasteiger partial charge in [-0.1, -0.05) is 12.1 Å². The van der Waals surface area contributed by atoms with Crippen LogP contribution in [0.15, 0.2) is 53.6 Å². The number of carbonyl (C=O) groups excluding carboxylic acids is 1. The normalized spacial score (nSPS) is 17.1. The lowest BCUT2D eigenvalue weighted by Gasteiger charge is -2.03. The maximum atomic E-state index is 14.0. The predicted molar refractivity (Wildman–Crippen MR) is 96.2 cm³/mol. The molecule has 0 unspecified atom stereocenters. The minimum atomic E-state index is -0.478. The van der Waals surface area contributed by atoms with E-state index in [0.29, 0.717) is 35.3 Å². The van der Waals surface area contributed by atoms with E-state index in [1.54, 1.807) is 24.3 Å². The smallest absolute Gasteiger partial charge is 0.276 e. The van der Waals surface area contributed by atoms with Gasteiger partial charge in [0.25, 0.3) is 5.69 Å². The van der Waals surface area contributed by atoms with Gasteiger partial charge in [0, 0.05) is 22.8 Å². The minimum absolute atomic E-state index is 0.0518. The highest BCUT2D eigenvalue weighted by Crippen LogP contribution is 2.32. The monoisotopic (exact) mass is 353 g/mol. The summed E-state index contributed by atoms with van der Waals surface area (Å²) in [6.45, 7) is 0. The second kappa shape index (κ2) is 7.31. The molecule has 6 heteroatoms. The number of methoxy groups -OCH3 is 1. The third-order valence-corrected chi connectivity index (χ3v) is 4.24. The van der Waals surface area contributed by atoms with E-state index in [2.05, 4.69) is 0 Å². The molecule has 1 fully saturated rings. The standard InChI is InChI=1S/C20H16FNO4/c1-26-17-8-9-18(21)16(12-17)11-15-7-6-14(20(15)23)10-13-4-2-3-5-19(13)22(24)25/h2-5,8-12H,6-7H2,1H3/b14-10+,15-11+. The molecule has 0 radical (unpaired) electrons. The van der Waals surface area contributed by atoms with Gasteiger partial charge in [0.15, 0.2) is 5.78 Å². The zero-order valence-corrected chi connectivity index (χ0v) is 14.1. The number of nitro benzene ring substituents is 1. The summed E-state index contributed by atoms with van der Waals surface area (Å²) in [5.74, 6) is -0.160. The Labute approximate surface area is 149 Å².